The lowest BCUT2D eigenvalue weighted by atomic mass is 9.98. The molecule has 21 heavy (non-hydrogen) atoms. The van der Waals surface area contributed by atoms with Crippen LogP contribution >= 0.6 is 11.6 Å². The first kappa shape index (κ1) is 14.3. The number of aromatic nitrogens is 2. The van der Waals surface area contributed by atoms with Crippen LogP contribution < -0.4 is 11.3 Å². The fraction of sp³-hybridized carbons (Fsp3) is 0.375. The number of nitrogens with zero attached hydrogens (tertiary/aromatic N) is 2. The largest absolute Gasteiger partial charge is 0.326 e. The first-order chi connectivity index (χ1) is 10.1. The number of nitrogens with two attached hydrogens (primary N) is 1. The smallest absolute Gasteiger partial charge is 0.261 e. The maximum Gasteiger partial charge on any atom is 0.261 e. The van der Waals surface area contributed by atoms with E-state index in [4.69, 9.17) is 22.3 Å². The summed E-state index contributed by atoms with van der Waals surface area (Å²) >= 11 is 6.07. The number of fused-ring (bicyclic) bond motifs is 1. The minimum absolute atomic E-state index is 0.0707. The Morgan fingerprint density at radius 1 is 1.38 bits per heavy atom. The van der Waals surface area contributed by atoms with Gasteiger partial charge in [0.15, 0.2) is 0 Å². The molecule has 0 amide bonds. The summed E-state index contributed by atoms with van der Waals surface area (Å²) in [6, 6.07) is 3.46. The normalized spacial score (nSPS) is 15.3. The predicted octanol–water partition coefficient (Wildman–Crippen LogP) is 3.00. The minimum Gasteiger partial charge on any atom is -0.326 e. The molecule has 2 N–H and O–H groups in total. The maximum absolute atomic E-state index is 12.6. The van der Waals surface area contributed by atoms with Crippen molar-refractivity contribution in [3.8, 4) is 0 Å². The Kier molecular flexibility index (Phi) is 3.83. The van der Waals surface area contributed by atoms with Crippen molar-refractivity contribution in [1.82, 2.24) is 9.55 Å². The van der Waals surface area contributed by atoms with Crippen molar-refractivity contribution in [2.24, 2.45) is 12.8 Å². The van der Waals surface area contributed by atoms with Crippen molar-refractivity contribution in [2.45, 2.75) is 32.2 Å². The number of hydrogen-bond donors (Lipinski definition) is 1. The molecule has 1 aliphatic carbocycles. The predicted molar refractivity (Wildman–Crippen MR) is 86.3 cm³/mol. The molecule has 4 nitrogen and oxygen atoms in total. The number of halogens is 1. The lowest BCUT2D eigenvalue weighted by Gasteiger charge is -2.16. The van der Waals surface area contributed by atoms with E-state index in [0.717, 1.165) is 36.2 Å². The number of hydrogen-bond acceptors (Lipinski definition) is 3. The minimum atomic E-state index is -0.0707. The topological polar surface area (TPSA) is 60.9 Å². The third kappa shape index (κ3) is 2.49. The Morgan fingerprint density at radius 2 is 2.19 bits per heavy atom. The summed E-state index contributed by atoms with van der Waals surface area (Å²) in [6.07, 6.45) is 6.55. The van der Waals surface area contributed by atoms with E-state index in [-0.39, 0.29) is 5.56 Å². The molecule has 3 rings (SSSR count). The van der Waals surface area contributed by atoms with Gasteiger partial charge < -0.3 is 5.73 Å². The molecule has 1 aromatic carbocycles. The molecule has 2 aromatic rings. The van der Waals surface area contributed by atoms with Crippen LogP contribution in [-0.4, -0.2) is 9.55 Å². The highest BCUT2D eigenvalue weighted by atomic mass is 35.5. The fourth-order valence-corrected chi connectivity index (χ4v) is 3.13. The van der Waals surface area contributed by atoms with Crippen LogP contribution in [0.5, 0.6) is 0 Å². The van der Waals surface area contributed by atoms with Gasteiger partial charge in [-0.1, -0.05) is 17.7 Å². The van der Waals surface area contributed by atoms with Crippen molar-refractivity contribution in [2.75, 3.05) is 0 Å². The van der Waals surface area contributed by atoms with Crippen molar-refractivity contribution in [1.29, 1.82) is 0 Å². The fourth-order valence-electron chi connectivity index (χ4n) is 2.89. The van der Waals surface area contributed by atoms with E-state index in [2.05, 4.69) is 6.08 Å². The lowest BCUT2D eigenvalue weighted by Crippen LogP contribution is -2.23. The molecule has 110 valence electrons. The Bertz CT molecular complexity index is 792. The summed E-state index contributed by atoms with van der Waals surface area (Å²) in [5.41, 5.74) is 8.35. The zero-order valence-corrected chi connectivity index (χ0v) is 12.8. The standard InChI is InChI=1S/C16H18ClN3O/c1-20-15(10-5-3-2-4-6-10)19-14-11(9-18)7-12(17)8-13(14)16(20)21/h5,7-8H,2-4,6,9,18H2,1H3. The van der Waals surface area contributed by atoms with E-state index in [1.807, 2.05) is 0 Å². The number of benzene rings is 1. The van der Waals surface area contributed by atoms with E-state index in [1.165, 1.54) is 6.42 Å². The first-order valence-electron chi connectivity index (χ1n) is 7.20. The third-order valence-electron chi connectivity index (χ3n) is 4.02. The molecule has 0 fully saturated rings. The lowest BCUT2D eigenvalue weighted by molar-refractivity contribution is 0.722. The van der Waals surface area contributed by atoms with Crippen molar-refractivity contribution < 1.29 is 0 Å². The number of rotatable bonds is 2. The second kappa shape index (κ2) is 5.62. The summed E-state index contributed by atoms with van der Waals surface area (Å²) in [5, 5.41) is 1.05. The molecular weight excluding hydrogens is 286 g/mol. The van der Waals surface area contributed by atoms with E-state index < -0.39 is 0 Å². The summed E-state index contributed by atoms with van der Waals surface area (Å²) in [4.78, 5) is 17.3. The van der Waals surface area contributed by atoms with Gasteiger partial charge in [-0.25, -0.2) is 4.98 Å². The van der Waals surface area contributed by atoms with Crippen molar-refractivity contribution in [3.05, 3.63) is 45.0 Å². The van der Waals surface area contributed by atoms with Gasteiger partial charge in [0.2, 0.25) is 0 Å². The molecule has 1 aliphatic rings. The zero-order valence-electron chi connectivity index (χ0n) is 12.0. The summed E-state index contributed by atoms with van der Waals surface area (Å²) in [7, 11) is 1.77. The Labute approximate surface area is 128 Å². The third-order valence-corrected chi connectivity index (χ3v) is 4.24. The Morgan fingerprint density at radius 3 is 2.86 bits per heavy atom. The first-order valence-corrected chi connectivity index (χ1v) is 7.58. The second-order valence-corrected chi connectivity index (χ2v) is 5.88. The van der Waals surface area contributed by atoms with Crippen LogP contribution in [-0.2, 0) is 13.6 Å². The Balaban J connectivity index is 2.33. The van der Waals surface area contributed by atoms with Gasteiger partial charge in [0.25, 0.3) is 5.56 Å². The van der Waals surface area contributed by atoms with Crippen LogP contribution in [0, 0.1) is 0 Å². The van der Waals surface area contributed by atoms with Gasteiger partial charge in [-0.05, 0) is 49.0 Å². The Hall–Kier alpha value is -1.65. The van der Waals surface area contributed by atoms with E-state index in [9.17, 15) is 4.79 Å². The van der Waals surface area contributed by atoms with Crippen LogP contribution in [0.4, 0.5) is 0 Å². The molecule has 0 spiro atoms. The van der Waals surface area contributed by atoms with Crippen molar-refractivity contribution in [3.63, 3.8) is 0 Å². The second-order valence-electron chi connectivity index (χ2n) is 5.44. The van der Waals surface area contributed by atoms with Crippen LogP contribution in [0.1, 0.15) is 37.1 Å². The monoisotopic (exact) mass is 303 g/mol. The van der Waals surface area contributed by atoms with Gasteiger partial charge in [0.1, 0.15) is 5.82 Å². The van der Waals surface area contributed by atoms with Gasteiger partial charge >= 0.3 is 0 Å². The molecule has 0 atom stereocenters. The van der Waals surface area contributed by atoms with Crippen LogP contribution in [0.3, 0.4) is 0 Å². The van der Waals surface area contributed by atoms with Gasteiger partial charge in [-0.3, -0.25) is 9.36 Å². The van der Waals surface area contributed by atoms with Crippen molar-refractivity contribution >= 4 is 28.1 Å². The molecular formula is C16H18ClN3O. The van der Waals surface area contributed by atoms with E-state index in [1.54, 1.807) is 23.7 Å². The van der Waals surface area contributed by atoms with Crippen LogP contribution in [0.15, 0.2) is 23.0 Å². The zero-order chi connectivity index (χ0) is 15.0. The molecule has 0 radical (unpaired) electrons. The molecule has 0 aliphatic heterocycles. The summed E-state index contributed by atoms with van der Waals surface area (Å²) in [5.74, 6) is 0.754. The molecule has 0 unspecified atom stereocenters. The molecule has 0 saturated heterocycles. The summed E-state index contributed by atoms with van der Waals surface area (Å²) in [6.45, 7) is 0.315. The highest BCUT2D eigenvalue weighted by molar-refractivity contribution is 6.31. The molecule has 0 saturated carbocycles. The number of allylic oxidation sites excluding steroid dienone is 2. The highest BCUT2D eigenvalue weighted by Crippen LogP contribution is 2.27. The summed E-state index contributed by atoms with van der Waals surface area (Å²) < 4.78 is 1.62. The van der Waals surface area contributed by atoms with Crippen LogP contribution in [0.25, 0.3) is 16.5 Å². The van der Waals surface area contributed by atoms with E-state index in [0.29, 0.717) is 22.5 Å². The highest BCUT2D eigenvalue weighted by Gasteiger charge is 2.16. The van der Waals surface area contributed by atoms with Gasteiger partial charge in [-0.15, -0.1) is 0 Å². The van der Waals surface area contributed by atoms with Gasteiger partial charge in [0, 0.05) is 18.6 Å². The molecule has 5 heteroatoms. The van der Waals surface area contributed by atoms with E-state index >= 15 is 0 Å². The maximum atomic E-state index is 12.6. The average molecular weight is 304 g/mol. The quantitative estimate of drug-likeness (QED) is 0.927. The van der Waals surface area contributed by atoms with Gasteiger partial charge in [0.05, 0.1) is 10.9 Å². The van der Waals surface area contributed by atoms with Crippen LogP contribution in [0.2, 0.25) is 5.02 Å². The SMILES string of the molecule is Cn1c(C2=CCCCC2)nc2c(CN)cc(Cl)cc2c1=O. The average Bonchev–Trinajstić information content (AvgIpc) is 2.51. The molecule has 1 aromatic heterocycles. The van der Waals surface area contributed by atoms with Gasteiger partial charge in [-0.2, -0.15) is 0 Å². The molecule has 1 heterocycles. The molecule has 0 bridgehead atoms.